The van der Waals surface area contributed by atoms with E-state index in [0.29, 0.717) is 18.4 Å². The molecule has 0 aliphatic heterocycles. The molecule has 5 rings (SSSR count). The molecule has 27 heavy (non-hydrogen) atoms. The Morgan fingerprint density at radius 3 is 2.96 bits per heavy atom. The Morgan fingerprint density at radius 2 is 2.07 bits per heavy atom. The van der Waals surface area contributed by atoms with Gasteiger partial charge < -0.3 is 15.2 Å². The minimum Gasteiger partial charge on any atom is -0.345 e. The van der Waals surface area contributed by atoms with Gasteiger partial charge in [0, 0.05) is 37.5 Å². The summed E-state index contributed by atoms with van der Waals surface area (Å²) in [6.07, 6.45) is 5.96. The van der Waals surface area contributed by atoms with Crippen LogP contribution < -0.4 is 10.2 Å². The van der Waals surface area contributed by atoms with E-state index in [4.69, 9.17) is 0 Å². The maximum Gasteiger partial charge on any atom is 0.227 e. The molecule has 136 valence electrons. The van der Waals surface area contributed by atoms with Crippen molar-refractivity contribution in [2.24, 2.45) is 0 Å². The molecule has 0 saturated heterocycles. The van der Waals surface area contributed by atoms with Crippen LogP contribution in [0.5, 0.6) is 0 Å². The maximum absolute atomic E-state index is 4.62. The predicted molar refractivity (Wildman–Crippen MR) is 104 cm³/mol. The fourth-order valence-electron chi connectivity index (χ4n) is 3.16. The third kappa shape index (κ3) is 3.33. The fourth-order valence-corrected chi connectivity index (χ4v) is 3.16. The number of anilines is 3. The van der Waals surface area contributed by atoms with Crippen LogP contribution in [0.2, 0.25) is 0 Å². The molecular formula is C19H20N8. The van der Waals surface area contributed by atoms with Crippen LogP contribution in [-0.2, 0) is 6.54 Å². The fraction of sp³-hybridized carbons (Fsp3) is 0.263. The van der Waals surface area contributed by atoms with Gasteiger partial charge in [0.15, 0.2) is 5.82 Å². The number of aromatic amines is 2. The van der Waals surface area contributed by atoms with Crippen LogP contribution in [0.15, 0.2) is 42.9 Å². The summed E-state index contributed by atoms with van der Waals surface area (Å²) < 4.78 is 0. The van der Waals surface area contributed by atoms with Crippen LogP contribution in [0, 0.1) is 0 Å². The molecule has 1 aliphatic rings. The van der Waals surface area contributed by atoms with Crippen LogP contribution in [0.3, 0.4) is 0 Å². The number of benzene rings is 1. The molecule has 1 saturated carbocycles. The topological polar surface area (TPSA) is 98.4 Å². The number of aromatic nitrogens is 6. The molecule has 0 atom stereocenters. The summed E-state index contributed by atoms with van der Waals surface area (Å²) >= 11 is 0. The number of nitrogens with one attached hydrogen (secondary N) is 3. The molecule has 1 aromatic carbocycles. The van der Waals surface area contributed by atoms with Crippen LogP contribution in [-0.4, -0.2) is 37.2 Å². The molecule has 8 heteroatoms. The Bertz CT molecular complexity index is 1080. The second-order valence-corrected chi connectivity index (χ2v) is 6.96. The molecule has 3 aromatic heterocycles. The molecule has 0 amide bonds. The van der Waals surface area contributed by atoms with Crippen molar-refractivity contribution in [3.63, 3.8) is 0 Å². The first-order valence-electron chi connectivity index (χ1n) is 9.03. The van der Waals surface area contributed by atoms with E-state index in [9.17, 15) is 0 Å². The van der Waals surface area contributed by atoms with Crippen molar-refractivity contribution >= 4 is 28.6 Å². The van der Waals surface area contributed by atoms with Crippen molar-refractivity contribution < 1.29 is 0 Å². The Labute approximate surface area is 156 Å². The number of nitrogens with zero attached hydrogens (tertiary/aromatic N) is 5. The normalized spacial score (nSPS) is 13.8. The number of imidazole rings is 1. The first kappa shape index (κ1) is 15.8. The summed E-state index contributed by atoms with van der Waals surface area (Å²) in [6, 6.07) is 10.1. The Hall–Kier alpha value is -3.42. The van der Waals surface area contributed by atoms with E-state index in [1.54, 1.807) is 12.5 Å². The highest BCUT2D eigenvalue weighted by atomic mass is 15.3. The van der Waals surface area contributed by atoms with Gasteiger partial charge in [0.2, 0.25) is 5.95 Å². The third-order valence-electron chi connectivity index (χ3n) is 4.76. The van der Waals surface area contributed by atoms with Gasteiger partial charge in [0.25, 0.3) is 0 Å². The second-order valence-electron chi connectivity index (χ2n) is 6.96. The molecule has 0 unspecified atom stereocenters. The predicted octanol–water partition coefficient (Wildman–Crippen LogP) is 3.33. The summed E-state index contributed by atoms with van der Waals surface area (Å²) in [4.78, 5) is 18.4. The van der Waals surface area contributed by atoms with Crippen molar-refractivity contribution in [3.05, 3.63) is 54.1 Å². The van der Waals surface area contributed by atoms with E-state index < -0.39 is 0 Å². The summed E-state index contributed by atoms with van der Waals surface area (Å²) in [5.41, 5.74) is 4.35. The first-order valence-corrected chi connectivity index (χ1v) is 9.03. The number of H-pyrrole nitrogens is 2. The lowest BCUT2D eigenvalue weighted by Gasteiger charge is -2.17. The highest BCUT2D eigenvalue weighted by molar-refractivity contribution is 5.75. The zero-order chi connectivity index (χ0) is 18.2. The highest BCUT2D eigenvalue weighted by Gasteiger charge is 2.25. The molecule has 3 N–H and O–H groups in total. The third-order valence-corrected chi connectivity index (χ3v) is 4.76. The summed E-state index contributed by atoms with van der Waals surface area (Å²) in [5.74, 6) is 2.81. The number of rotatable bonds is 6. The minimum absolute atomic E-state index is 0.646. The largest absolute Gasteiger partial charge is 0.345 e. The lowest BCUT2D eigenvalue weighted by atomic mass is 10.2. The Kier molecular flexibility index (Phi) is 3.74. The van der Waals surface area contributed by atoms with E-state index in [-0.39, 0.29) is 0 Å². The van der Waals surface area contributed by atoms with Gasteiger partial charge in [-0.15, -0.1) is 0 Å². The van der Waals surface area contributed by atoms with E-state index in [1.807, 2.05) is 24.1 Å². The average Bonchev–Trinajstić information content (AvgIpc) is 3.24. The zero-order valence-electron chi connectivity index (χ0n) is 15.0. The summed E-state index contributed by atoms with van der Waals surface area (Å²) in [7, 11) is 1.98. The van der Waals surface area contributed by atoms with Crippen LogP contribution in [0.4, 0.5) is 17.6 Å². The molecule has 1 aliphatic carbocycles. The van der Waals surface area contributed by atoms with Crippen LogP contribution in [0.25, 0.3) is 11.0 Å². The lowest BCUT2D eigenvalue weighted by Crippen LogP contribution is -2.19. The van der Waals surface area contributed by atoms with Crippen LogP contribution in [0.1, 0.15) is 30.0 Å². The monoisotopic (exact) mass is 360 g/mol. The molecule has 0 spiro atoms. The number of fused-ring (bicyclic) bond motifs is 1. The summed E-state index contributed by atoms with van der Waals surface area (Å²) in [5, 5.41) is 10.7. The quantitative estimate of drug-likeness (QED) is 0.488. The van der Waals surface area contributed by atoms with Gasteiger partial charge >= 0.3 is 0 Å². The van der Waals surface area contributed by atoms with Crippen molar-refractivity contribution in [2.75, 3.05) is 17.3 Å². The number of hydrogen-bond donors (Lipinski definition) is 3. The van der Waals surface area contributed by atoms with E-state index in [0.717, 1.165) is 28.2 Å². The minimum atomic E-state index is 0.646. The van der Waals surface area contributed by atoms with Gasteiger partial charge in [0.1, 0.15) is 5.82 Å². The Balaban J connectivity index is 1.30. The molecular weight excluding hydrogens is 340 g/mol. The van der Waals surface area contributed by atoms with E-state index >= 15 is 0 Å². The SMILES string of the molecule is CN(Cc1ccc2nc[nH]c2c1)c1nccc(Nc2cc(C3CC3)[nH]n2)n1. The molecule has 0 bridgehead atoms. The average molecular weight is 360 g/mol. The first-order chi connectivity index (χ1) is 13.2. The van der Waals surface area contributed by atoms with Gasteiger partial charge in [-0.05, 0) is 36.6 Å². The lowest BCUT2D eigenvalue weighted by molar-refractivity contribution is 0.868. The van der Waals surface area contributed by atoms with Gasteiger partial charge in [-0.2, -0.15) is 10.1 Å². The second kappa shape index (κ2) is 6.39. The van der Waals surface area contributed by atoms with Crippen molar-refractivity contribution in [2.45, 2.75) is 25.3 Å². The van der Waals surface area contributed by atoms with Gasteiger partial charge in [-0.1, -0.05) is 6.07 Å². The van der Waals surface area contributed by atoms with Crippen molar-refractivity contribution in [1.82, 2.24) is 30.1 Å². The van der Waals surface area contributed by atoms with Crippen molar-refractivity contribution in [3.8, 4) is 0 Å². The number of hydrogen-bond acceptors (Lipinski definition) is 6. The van der Waals surface area contributed by atoms with Gasteiger partial charge in [-0.3, -0.25) is 5.10 Å². The Morgan fingerprint density at radius 1 is 1.15 bits per heavy atom. The van der Waals surface area contributed by atoms with Crippen molar-refractivity contribution in [1.29, 1.82) is 0 Å². The smallest absolute Gasteiger partial charge is 0.227 e. The standard InChI is InChI=1S/C19H20N8/c1-27(10-12-2-5-14-16(8-12)22-11-21-14)19-20-7-6-17(24-19)23-18-9-15(25-26-18)13-3-4-13/h2,5-9,11,13H,3-4,10H2,1H3,(H,21,22)(H2,20,23,24,25,26). The van der Waals surface area contributed by atoms with E-state index in [1.165, 1.54) is 18.5 Å². The summed E-state index contributed by atoms with van der Waals surface area (Å²) in [6.45, 7) is 0.701. The van der Waals surface area contributed by atoms with E-state index in [2.05, 4.69) is 53.6 Å². The van der Waals surface area contributed by atoms with Gasteiger partial charge in [0.05, 0.1) is 17.4 Å². The molecule has 8 nitrogen and oxygen atoms in total. The molecule has 4 aromatic rings. The van der Waals surface area contributed by atoms with Gasteiger partial charge in [-0.25, -0.2) is 9.97 Å². The maximum atomic E-state index is 4.62. The molecule has 1 fully saturated rings. The molecule has 0 radical (unpaired) electrons. The van der Waals surface area contributed by atoms with Crippen LogP contribution >= 0.6 is 0 Å². The highest BCUT2D eigenvalue weighted by Crippen LogP contribution is 2.39. The molecule has 3 heterocycles. The zero-order valence-corrected chi connectivity index (χ0v) is 15.0.